The lowest BCUT2D eigenvalue weighted by molar-refractivity contribution is -0.141. The van der Waals surface area contributed by atoms with Crippen molar-refractivity contribution in [2.24, 2.45) is 5.92 Å². The van der Waals surface area contributed by atoms with Crippen LogP contribution in [0.25, 0.3) is 0 Å². The Kier molecular flexibility index (Phi) is 9.45. The van der Waals surface area contributed by atoms with Crippen LogP contribution in [0.5, 0.6) is 0 Å². The van der Waals surface area contributed by atoms with Crippen molar-refractivity contribution in [1.82, 2.24) is 10.2 Å². The lowest BCUT2D eigenvalue weighted by atomic mass is 10.0. The molecule has 178 valence electrons. The number of rotatable bonds is 11. The fraction of sp³-hybridized carbons (Fsp3) is 0.333. The Hall–Kier alpha value is -3.40. The van der Waals surface area contributed by atoms with Gasteiger partial charge in [0.05, 0.1) is 0 Å². The summed E-state index contributed by atoms with van der Waals surface area (Å²) in [7, 11) is 0. The minimum absolute atomic E-state index is 0.00921. The van der Waals surface area contributed by atoms with Gasteiger partial charge in [-0.1, -0.05) is 104 Å². The zero-order valence-electron chi connectivity index (χ0n) is 20.5. The predicted molar refractivity (Wildman–Crippen MR) is 138 cm³/mol. The Labute approximate surface area is 204 Å². The molecule has 0 aliphatic heterocycles. The van der Waals surface area contributed by atoms with E-state index in [2.05, 4.69) is 50.4 Å². The second-order valence-electron chi connectivity index (χ2n) is 9.34. The van der Waals surface area contributed by atoms with Gasteiger partial charge in [-0.25, -0.2) is 0 Å². The number of carbonyl (C=O) groups is 2. The van der Waals surface area contributed by atoms with E-state index in [0.717, 1.165) is 16.7 Å². The summed E-state index contributed by atoms with van der Waals surface area (Å²) in [4.78, 5) is 28.8. The molecule has 1 N–H and O–H groups in total. The van der Waals surface area contributed by atoms with Crippen LogP contribution in [-0.2, 0) is 29.0 Å². The van der Waals surface area contributed by atoms with Crippen molar-refractivity contribution in [1.29, 1.82) is 0 Å². The molecule has 3 rings (SSSR count). The highest BCUT2D eigenvalue weighted by atomic mass is 16.2. The molecule has 0 aliphatic rings. The first-order valence-corrected chi connectivity index (χ1v) is 12.1. The number of benzene rings is 3. The van der Waals surface area contributed by atoms with Crippen LogP contribution in [-0.4, -0.2) is 29.3 Å². The Morgan fingerprint density at radius 1 is 0.794 bits per heavy atom. The van der Waals surface area contributed by atoms with Crippen LogP contribution >= 0.6 is 0 Å². The Bertz CT molecular complexity index is 1030. The molecule has 0 radical (unpaired) electrons. The van der Waals surface area contributed by atoms with E-state index in [1.54, 1.807) is 4.90 Å². The first kappa shape index (κ1) is 25.2. The maximum Gasteiger partial charge on any atom is 0.243 e. The summed E-state index contributed by atoms with van der Waals surface area (Å²) in [6.07, 6.45) is 1.49. The van der Waals surface area contributed by atoms with Crippen LogP contribution in [0.15, 0.2) is 84.9 Å². The molecule has 34 heavy (non-hydrogen) atoms. The fourth-order valence-electron chi connectivity index (χ4n) is 3.91. The molecule has 3 aromatic carbocycles. The van der Waals surface area contributed by atoms with Crippen molar-refractivity contribution in [2.75, 3.05) is 6.54 Å². The first-order valence-electron chi connectivity index (χ1n) is 12.1. The summed E-state index contributed by atoms with van der Waals surface area (Å²) in [5.41, 5.74) is 4.38. The van der Waals surface area contributed by atoms with Gasteiger partial charge in [0, 0.05) is 25.9 Å². The fourth-order valence-corrected chi connectivity index (χ4v) is 3.91. The average molecular weight is 457 g/mol. The Balaban J connectivity index is 1.86. The largest absolute Gasteiger partial charge is 0.354 e. The minimum Gasteiger partial charge on any atom is -0.354 e. The summed E-state index contributed by atoms with van der Waals surface area (Å²) in [6.45, 7) is 7.18. The smallest absolute Gasteiger partial charge is 0.243 e. The molecule has 0 aromatic heterocycles. The monoisotopic (exact) mass is 456 g/mol. The highest BCUT2D eigenvalue weighted by Crippen LogP contribution is 2.17. The van der Waals surface area contributed by atoms with Crippen LogP contribution < -0.4 is 5.32 Å². The predicted octanol–water partition coefficient (Wildman–Crippen LogP) is 5.34. The SMILES string of the molecule is Cc1ccc(CCC(=O)N(Cc2ccccc2)[C@@H](Cc2ccccc2)C(=O)NCC(C)C)cc1. The summed E-state index contributed by atoms with van der Waals surface area (Å²) >= 11 is 0. The molecule has 4 nitrogen and oxygen atoms in total. The van der Waals surface area contributed by atoms with E-state index in [0.29, 0.717) is 38.3 Å². The number of aryl methyl sites for hydroxylation is 2. The molecule has 0 unspecified atom stereocenters. The molecule has 0 aliphatic carbocycles. The van der Waals surface area contributed by atoms with Gasteiger partial charge in [0.15, 0.2) is 0 Å². The lowest BCUT2D eigenvalue weighted by Gasteiger charge is -2.32. The van der Waals surface area contributed by atoms with E-state index in [4.69, 9.17) is 0 Å². The van der Waals surface area contributed by atoms with Crippen molar-refractivity contribution in [3.63, 3.8) is 0 Å². The summed E-state index contributed by atoms with van der Waals surface area (Å²) in [5, 5.41) is 3.07. The number of carbonyl (C=O) groups excluding carboxylic acids is 2. The third-order valence-corrected chi connectivity index (χ3v) is 5.90. The van der Waals surface area contributed by atoms with Crippen LogP contribution in [0.1, 0.15) is 42.5 Å². The van der Waals surface area contributed by atoms with Gasteiger partial charge < -0.3 is 10.2 Å². The van der Waals surface area contributed by atoms with Gasteiger partial charge in [0.2, 0.25) is 11.8 Å². The van der Waals surface area contributed by atoms with Gasteiger partial charge in [-0.05, 0) is 36.0 Å². The quantitative estimate of drug-likeness (QED) is 0.423. The average Bonchev–Trinajstić information content (AvgIpc) is 2.85. The van der Waals surface area contributed by atoms with Crippen molar-refractivity contribution < 1.29 is 9.59 Å². The standard InChI is InChI=1S/C30H36N2O2/c1-23(2)21-31-30(34)28(20-26-10-6-4-7-11-26)32(22-27-12-8-5-9-13-27)29(33)19-18-25-16-14-24(3)15-17-25/h4-17,23,28H,18-22H2,1-3H3,(H,31,34)/t28-/m0/s1. The van der Waals surface area contributed by atoms with E-state index in [1.807, 2.05) is 60.7 Å². The molecule has 2 amide bonds. The summed E-state index contributed by atoms with van der Waals surface area (Å²) < 4.78 is 0. The van der Waals surface area contributed by atoms with E-state index >= 15 is 0 Å². The van der Waals surface area contributed by atoms with Gasteiger partial charge in [-0.15, -0.1) is 0 Å². The molecule has 1 atom stereocenters. The summed E-state index contributed by atoms with van der Waals surface area (Å²) in [5.74, 6) is 0.225. The highest BCUT2D eigenvalue weighted by Gasteiger charge is 2.30. The van der Waals surface area contributed by atoms with Gasteiger partial charge >= 0.3 is 0 Å². The molecule has 0 saturated heterocycles. The van der Waals surface area contributed by atoms with Crippen molar-refractivity contribution in [3.8, 4) is 0 Å². The van der Waals surface area contributed by atoms with E-state index in [-0.39, 0.29) is 11.8 Å². The molecule has 0 bridgehead atoms. The lowest BCUT2D eigenvalue weighted by Crippen LogP contribution is -2.51. The molecule has 4 heteroatoms. The van der Waals surface area contributed by atoms with E-state index in [1.165, 1.54) is 5.56 Å². The number of amides is 2. The number of nitrogens with zero attached hydrogens (tertiary/aromatic N) is 1. The normalized spacial score (nSPS) is 11.8. The molecule has 0 fully saturated rings. The van der Waals surface area contributed by atoms with Crippen molar-refractivity contribution >= 4 is 11.8 Å². The Morgan fingerprint density at radius 2 is 1.38 bits per heavy atom. The zero-order valence-corrected chi connectivity index (χ0v) is 20.5. The van der Waals surface area contributed by atoms with Crippen molar-refractivity contribution in [3.05, 3.63) is 107 Å². The molecule has 0 spiro atoms. The second kappa shape index (κ2) is 12.7. The van der Waals surface area contributed by atoms with Crippen LogP contribution in [0, 0.1) is 12.8 Å². The first-order chi connectivity index (χ1) is 16.4. The van der Waals surface area contributed by atoms with Gasteiger partial charge in [-0.2, -0.15) is 0 Å². The van der Waals surface area contributed by atoms with Gasteiger partial charge in [-0.3, -0.25) is 9.59 Å². The maximum atomic E-state index is 13.6. The van der Waals surface area contributed by atoms with Gasteiger partial charge in [0.1, 0.15) is 6.04 Å². The van der Waals surface area contributed by atoms with E-state index in [9.17, 15) is 9.59 Å². The van der Waals surface area contributed by atoms with Crippen LogP contribution in [0.2, 0.25) is 0 Å². The zero-order chi connectivity index (χ0) is 24.3. The highest BCUT2D eigenvalue weighted by molar-refractivity contribution is 5.88. The van der Waals surface area contributed by atoms with Crippen molar-refractivity contribution in [2.45, 2.75) is 52.6 Å². The number of hydrogen-bond donors (Lipinski definition) is 1. The molecular weight excluding hydrogens is 420 g/mol. The molecule has 3 aromatic rings. The second-order valence-corrected chi connectivity index (χ2v) is 9.34. The molecule has 0 heterocycles. The third kappa shape index (κ3) is 7.87. The van der Waals surface area contributed by atoms with Crippen LogP contribution in [0.4, 0.5) is 0 Å². The minimum atomic E-state index is -0.577. The van der Waals surface area contributed by atoms with Crippen LogP contribution in [0.3, 0.4) is 0 Å². The van der Waals surface area contributed by atoms with E-state index < -0.39 is 6.04 Å². The number of hydrogen-bond acceptors (Lipinski definition) is 2. The topological polar surface area (TPSA) is 49.4 Å². The van der Waals surface area contributed by atoms with Gasteiger partial charge in [0.25, 0.3) is 0 Å². The third-order valence-electron chi connectivity index (χ3n) is 5.90. The summed E-state index contributed by atoms with van der Waals surface area (Å²) in [6, 6.07) is 27.5. The maximum absolute atomic E-state index is 13.6. The molecule has 0 saturated carbocycles. The molecular formula is C30H36N2O2. The Morgan fingerprint density at radius 3 is 1.97 bits per heavy atom. The number of nitrogens with one attached hydrogen (secondary N) is 1.